The summed E-state index contributed by atoms with van der Waals surface area (Å²) in [4.78, 5) is 12.8. The number of pyridine rings is 1. The number of hydrogen-bond acceptors (Lipinski definition) is 4. The van der Waals surface area contributed by atoms with E-state index >= 15 is 0 Å². The molecule has 0 amide bonds. The van der Waals surface area contributed by atoms with E-state index in [1.165, 1.54) is 0 Å². The third kappa shape index (κ3) is 2.30. The largest absolute Gasteiger partial charge is 0.506 e. The van der Waals surface area contributed by atoms with E-state index in [-0.39, 0.29) is 11.6 Å². The molecule has 15 heavy (non-hydrogen) atoms. The number of nitro groups is 1. The lowest BCUT2D eigenvalue weighted by Crippen LogP contribution is -2.01. The van der Waals surface area contributed by atoms with Crippen molar-refractivity contribution < 1.29 is 18.8 Å². The number of alkyl halides is 3. The van der Waals surface area contributed by atoms with E-state index in [1.807, 2.05) is 0 Å². The fraction of sp³-hybridized carbons (Fsp3) is 0.286. The van der Waals surface area contributed by atoms with Crippen molar-refractivity contribution in [3.05, 3.63) is 27.6 Å². The number of nitrogens with zero attached hydrogens (tertiary/aromatic N) is 2. The molecule has 8 heteroatoms. The van der Waals surface area contributed by atoms with Gasteiger partial charge in [0, 0.05) is 0 Å². The molecule has 0 atom stereocenters. The SMILES string of the molecule is O=[N+]([O-])c1cc(O)c(C(F)F)nc1CCl. The van der Waals surface area contributed by atoms with Gasteiger partial charge < -0.3 is 5.11 Å². The van der Waals surface area contributed by atoms with Crippen molar-refractivity contribution in [2.45, 2.75) is 12.3 Å². The molecular weight excluding hydrogens is 234 g/mol. The van der Waals surface area contributed by atoms with E-state index in [0.29, 0.717) is 6.07 Å². The van der Waals surface area contributed by atoms with Crippen LogP contribution in [-0.2, 0) is 5.88 Å². The molecular formula is C7H5ClF2N2O3. The van der Waals surface area contributed by atoms with Gasteiger partial charge in [0.05, 0.1) is 16.9 Å². The molecule has 0 fully saturated rings. The van der Waals surface area contributed by atoms with Crippen molar-refractivity contribution in [2.75, 3.05) is 0 Å². The van der Waals surface area contributed by atoms with Gasteiger partial charge in [0.15, 0.2) is 0 Å². The molecule has 1 N–H and O–H groups in total. The van der Waals surface area contributed by atoms with Crippen LogP contribution in [0, 0.1) is 10.1 Å². The average Bonchev–Trinajstić information content (AvgIpc) is 2.16. The van der Waals surface area contributed by atoms with Crippen molar-refractivity contribution in [3.8, 4) is 5.75 Å². The summed E-state index contributed by atoms with van der Waals surface area (Å²) in [5, 5.41) is 19.5. The third-order valence-electron chi connectivity index (χ3n) is 1.62. The molecule has 1 aromatic rings. The lowest BCUT2D eigenvalue weighted by molar-refractivity contribution is -0.385. The molecule has 5 nitrogen and oxygen atoms in total. The van der Waals surface area contributed by atoms with Crippen LogP contribution in [0.4, 0.5) is 14.5 Å². The third-order valence-corrected chi connectivity index (χ3v) is 1.87. The Morgan fingerprint density at radius 3 is 2.67 bits per heavy atom. The zero-order valence-electron chi connectivity index (χ0n) is 7.15. The molecule has 0 aliphatic rings. The smallest absolute Gasteiger partial charge is 0.295 e. The average molecular weight is 239 g/mol. The Hall–Kier alpha value is -1.50. The van der Waals surface area contributed by atoms with Crippen LogP contribution in [0.25, 0.3) is 0 Å². The molecule has 0 bridgehead atoms. The second-order valence-corrected chi connectivity index (χ2v) is 2.82. The summed E-state index contributed by atoms with van der Waals surface area (Å²) in [5.41, 5.74) is -1.78. The molecule has 1 rings (SSSR count). The maximum Gasteiger partial charge on any atom is 0.295 e. The van der Waals surface area contributed by atoms with E-state index in [2.05, 4.69) is 4.98 Å². The maximum atomic E-state index is 12.2. The minimum absolute atomic E-state index is 0.297. The van der Waals surface area contributed by atoms with Crippen LogP contribution < -0.4 is 0 Å². The van der Waals surface area contributed by atoms with Gasteiger partial charge in [0.25, 0.3) is 12.1 Å². The Balaban J connectivity index is 3.35. The quantitative estimate of drug-likeness (QED) is 0.498. The van der Waals surface area contributed by atoms with Crippen molar-refractivity contribution in [2.24, 2.45) is 0 Å². The van der Waals surface area contributed by atoms with E-state index in [1.54, 1.807) is 0 Å². The number of rotatable bonds is 3. The summed E-state index contributed by atoms with van der Waals surface area (Å²) < 4.78 is 24.5. The van der Waals surface area contributed by atoms with Crippen LogP contribution in [0.3, 0.4) is 0 Å². The summed E-state index contributed by atoms with van der Waals surface area (Å²) in [6.45, 7) is 0. The van der Waals surface area contributed by atoms with Crippen LogP contribution >= 0.6 is 11.6 Å². The second kappa shape index (κ2) is 4.35. The van der Waals surface area contributed by atoms with Crippen molar-refractivity contribution in [1.29, 1.82) is 0 Å². The number of aromatic hydroxyl groups is 1. The van der Waals surface area contributed by atoms with Gasteiger partial charge in [-0.3, -0.25) is 10.1 Å². The Morgan fingerprint density at radius 1 is 1.67 bits per heavy atom. The van der Waals surface area contributed by atoms with Crippen LogP contribution in [-0.4, -0.2) is 15.0 Å². The second-order valence-electron chi connectivity index (χ2n) is 2.55. The lowest BCUT2D eigenvalue weighted by Gasteiger charge is -2.04. The molecule has 82 valence electrons. The summed E-state index contributed by atoms with van der Waals surface area (Å²) >= 11 is 5.31. The zero-order valence-corrected chi connectivity index (χ0v) is 7.91. The summed E-state index contributed by atoms with van der Waals surface area (Å²) in [6, 6.07) is 0.617. The van der Waals surface area contributed by atoms with Crippen molar-refractivity contribution in [3.63, 3.8) is 0 Å². The van der Waals surface area contributed by atoms with Crippen LogP contribution in [0.5, 0.6) is 5.75 Å². The Morgan fingerprint density at radius 2 is 2.27 bits per heavy atom. The fourth-order valence-corrected chi connectivity index (χ4v) is 1.16. The Bertz CT molecular complexity index is 400. The monoisotopic (exact) mass is 238 g/mol. The van der Waals surface area contributed by atoms with Gasteiger partial charge in [-0.25, -0.2) is 13.8 Å². The highest BCUT2D eigenvalue weighted by molar-refractivity contribution is 6.17. The summed E-state index contributed by atoms with van der Waals surface area (Å²) in [5.74, 6) is -1.29. The first-order valence-electron chi connectivity index (χ1n) is 3.68. The van der Waals surface area contributed by atoms with Gasteiger partial charge >= 0.3 is 0 Å². The van der Waals surface area contributed by atoms with E-state index < -0.39 is 28.5 Å². The first-order valence-corrected chi connectivity index (χ1v) is 4.22. The van der Waals surface area contributed by atoms with Gasteiger partial charge in [0.1, 0.15) is 17.1 Å². The standard InChI is InChI=1S/C7H5ClF2N2O3/c8-2-3-4(12(14)15)1-5(13)6(11-3)7(9)10/h1,7,13H,2H2. The Kier molecular flexibility index (Phi) is 3.35. The van der Waals surface area contributed by atoms with Gasteiger partial charge in [-0.2, -0.15) is 0 Å². The number of hydrogen-bond donors (Lipinski definition) is 1. The number of aromatic nitrogens is 1. The van der Waals surface area contributed by atoms with Crippen molar-refractivity contribution >= 4 is 17.3 Å². The summed E-state index contributed by atoms with van der Waals surface area (Å²) in [7, 11) is 0. The minimum atomic E-state index is -3.01. The molecule has 0 unspecified atom stereocenters. The normalized spacial score (nSPS) is 10.7. The van der Waals surface area contributed by atoms with E-state index in [9.17, 15) is 18.9 Å². The fourth-order valence-electron chi connectivity index (χ4n) is 0.964. The van der Waals surface area contributed by atoms with Crippen LogP contribution in [0.15, 0.2) is 6.07 Å². The zero-order chi connectivity index (χ0) is 11.6. The highest BCUT2D eigenvalue weighted by Crippen LogP contribution is 2.31. The predicted molar refractivity (Wildman–Crippen MR) is 47.1 cm³/mol. The molecule has 1 heterocycles. The molecule has 1 aromatic heterocycles. The van der Waals surface area contributed by atoms with Gasteiger partial charge in [0.2, 0.25) is 0 Å². The van der Waals surface area contributed by atoms with Gasteiger partial charge in [-0.05, 0) is 0 Å². The molecule has 0 aliphatic carbocycles. The molecule has 0 aromatic carbocycles. The molecule has 0 spiro atoms. The first-order chi connectivity index (χ1) is 6.97. The highest BCUT2D eigenvalue weighted by atomic mass is 35.5. The van der Waals surface area contributed by atoms with Crippen molar-refractivity contribution in [1.82, 2.24) is 4.98 Å². The molecule has 0 aliphatic heterocycles. The Labute approximate surface area is 87.5 Å². The minimum Gasteiger partial charge on any atom is -0.506 e. The molecule has 0 saturated carbocycles. The van der Waals surface area contributed by atoms with Gasteiger partial charge in [-0.15, -0.1) is 11.6 Å². The predicted octanol–water partition coefficient (Wildman–Crippen LogP) is 2.37. The van der Waals surface area contributed by atoms with Crippen LogP contribution in [0.1, 0.15) is 17.8 Å². The van der Waals surface area contributed by atoms with E-state index in [0.717, 1.165) is 0 Å². The van der Waals surface area contributed by atoms with Gasteiger partial charge in [-0.1, -0.05) is 0 Å². The summed E-state index contributed by atoms with van der Waals surface area (Å²) in [6.07, 6.45) is -3.01. The molecule has 0 radical (unpaired) electrons. The van der Waals surface area contributed by atoms with Crippen LogP contribution in [0.2, 0.25) is 0 Å². The lowest BCUT2D eigenvalue weighted by atomic mass is 10.2. The first kappa shape index (κ1) is 11.6. The topological polar surface area (TPSA) is 76.3 Å². The highest BCUT2D eigenvalue weighted by Gasteiger charge is 2.23. The molecule has 0 saturated heterocycles. The maximum absolute atomic E-state index is 12.2. The van der Waals surface area contributed by atoms with E-state index in [4.69, 9.17) is 16.7 Å². The number of halogens is 3.